The van der Waals surface area contributed by atoms with Crippen LogP contribution in [0.1, 0.15) is 74.2 Å². The third-order valence-corrected chi connectivity index (χ3v) is 8.57. The van der Waals surface area contributed by atoms with Gasteiger partial charge >= 0.3 is 0 Å². The molecule has 5 heteroatoms. The topological polar surface area (TPSA) is 61.4 Å². The number of amides is 2. The lowest BCUT2D eigenvalue weighted by atomic mass is 9.49. The summed E-state index contributed by atoms with van der Waals surface area (Å²) in [4.78, 5) is 28.0. The minimum atomic E-state index is -0.0983. The van der Waals surface area contributed by atoms with Gasteiger partial charge in [0.2, 0.25) is 5.91 Å². The molecule has 5 saturated carbocycles. The molecule has 31 heavy (non-hydrogen) atoms. The van der Waals surface area contributed by atoms with Crippen LogP contribution in [0.4, 0.5) is 0 Å². The van der Waals surface area contributed by atoms with Gasteiger partial charge in [-0.2, -0.15) is 0 Å². The normalized spacial score (nSPS) is 32.2. The molecule has 0 saturated heterocycles. The highest BCUT2D eigenvalue weighted by atomic mass is 16.2. The van der Waals surface area contributed by atoms with Gasteiger partial charge in [0.15, 0.2) is 0 Å². The maximum atomic E-state index is 13.1. The number of likely N-dealkylation sites (N-methyl/N-ethyl adjacent to an activating group) is 1. The van der Waals surface area contributed by atoms with Crippen molar-refractivity contribution in [3.63, 3.8) is 0 Å². The number of carbonyl (C=O) groups is 2. The van der Waals surface area contributed by atoms with Crippen LogP contribution in [0.5, 0.6) is 0 Å². The number of rotatable bonds is 8. The van der Waals surface area contributed by atoms with Crippen LogP contribution < -0.4 is 10.6 Å². The summed E-state index contributed by atoms with van der Waals surface area (Å²) in [5.74, 6) is 2.58. The zero-order valence-corrected chi connectivity index (χ0v) is 19.0. The highest BCUT2D eigenvalue weighted by molar-refractivity contribution is 5.94. The Kier molecular flexibility index (Phi) is 5.58. The Morgan fingerprint density at radius 1 is 1.00 bits per heavy atom. The number of hydrogen-bond acceptors (Lipinski definition) is 3. The average molecular weight is 424 g/mol. The van der Waals surface area contributed by atoms with Crippen LogP contribution in [0, 0.1) is 23.2 Å². The van der Waals surface area contributed by atoms with Gasteiger partial charge in [0.05, 0.1) is 0 Å². The molecule has 5 aliphatic carbocycles. The van der Waals surface area contributed by atoms with Crippen molar-refractivity contribution in [1.29, 1.82) is 0 Å². The highest BCUT2D eigenvalue weighted by Crippen LogP contribution is 2.60. The fourth-order valence-corrected chi connectivity index (χ4v) is 6.86. The molecule has 168 valence electrons. The molecule has 4 bridgehead atoms. The standard InChI is InChI=1S/C26H37N3O2/c1-17(29(2)23-7-8-23)15-27-24(30)22-5-3-18(4-6-22)16-28-25(31)26-12-19-9-20(13-26)11-21(10-19)14-26/h3-6,17,19-21,23H,7-16H2,1-2H3,(H,27,30)(H,28,31). The van der Waals surface area contributed by atoms with Gasteiger partial charge in [0.25, 0.3) is 5.91 Å². The molecule has 5 aliphatic rings. The van der Waals surface area contributed by atoms with E-state index in [1.165, 1.54) is 32.1 Å². The Balaban J connectivity index is 1.11. The second-order valence-electron chi connectivity index (χ2n) is 11.0. The largest absolute Gasteiger partial charge is 0.352 e. The van der Waals surface area contributed by atoms with Crippen LogP contribution in [-0.2, 0) is 11.3 Å². The molecule has 5 nitrogen and oxygen atoms in total. The molecule has 5 fully saturated rings. The predicted octanol–water partition coefficient (Wildman–Crippen LogP) is 3.73. The second kappa shape index (κ2) is 8.23. The summed E-state index contributed by atoms with van der Waals surface area (Å²) < 4.78 is 0. The first-order valence-electron chi connectivity index (χ1n) is 12.3. The summed E-state index contributed by atoms with van der Waals surface area (Å²) in [5.41, 5.74) is 1.63. The van der Waals surface area contributed by atoms with Gasteiger partial charge in [0, 0.05) is 36.2 Å². The molecule has 0 aliphatic heterocycles. The van der Waals surface area contributed by atoms with E-state index in [-0.39, 0.29) is 17.2 Å². The minimum Gasteiger partial charge on any atom is -0.352 e. The Labute approximate surface area is 186 Å². The van der Waals surface area contributed by atoms with Crippen LogP contribution in [0.25, 0.3) is 0 Å². The molecule has 2 N–H and O–H groups in total. The van der Waals surface area contributed by atoms with Crippen molar-refractivity contribution in [1.82, 2.24) is 15.5 Å². The van der Waals surface area contributed by atoms with Gasteiger partial charge in [0.1, 0.15) is 0 Å². The van der Waals surface area contributed by atoms with E-state index in [1.807, 2.05) is 24.3 Å². The van der Waals surface area contributed by atoms with Crippen molar-refractivity contribution < 1.29 is 9.59 Å². The van der Waals surface area contributed by atoms with Crippen molar-refractivity contribution in [3.8, 4) is 0 Å². The van der Waals surface area contributed by atoms with E-state index >= 15 is 0 Å². The van der Waals surface area contributed by atoms with Gasteiger partial charge in [-0.15, -0.1) is 0 Å². The van der Waals surface area contributed by atoms with Crippen molar-refractivity contribution in [2.75, 3.05) is 13.6 Å². The van der Waals surface area contributed by atoms with Crippen molar-refractivity contribution in [2.24, 2.45) is 23.2 Å². The van der Waals surface area contributed by atoms with E-state index in [0.29, 0.717) is 30.7 Å². The van der Waals surface area contributed by atoms with E-state index in [4.69, 9.17) is 0 Å². The van der Waals surface area contributed by atoms with Crippen molar-refractivity contribution in [2.45, 2.75) is 76.9 Å². The molecule has 1 aromatic carbocycles. The first kappa shape index (κ1) is 21.0. The summed E-state index contributed by atoms with van der Waals surface area (Å²) in [6.07, 6.45) is 9.89. The highest BCUT2D eigenvalue weighted by Gasteiger charge is 2.54. The fourth-order valence-electron chi connectivity index (χ4n) is 6.86. The molecule has 0 heterocycles. The van der Waals surface area contributed by atoms with E-state index in [1.54, 1.807) is 0 Å². The number of benzene rings is 1. The first-order chi connectivity index (χ1) is 14.9. The number of carbonyl (C=O) groups excluding carboxylic acids is 2. The van der Waals surface area contributed by atoms with Gasteiger partial charge in [-0.1, -0.05) is 12.1 Å². The lowest BCUT2D eigenvalue weighted by Crippen LogP contribution is -2.53. The maximum Gasteiger partial charge on any atom is 0.251 e. The van der Waals surface area contributed by atoms with Crippen LogP contribution in [0.15, 0.2) is 24.3 Å². The van der Waals surface area contributed by atoms with Crippen LogP contribution >= 0.6 is 0 Å². The molecule has 1 unspecified atom stereocenters. The summed E-state index contributed by atoms with van der Waals surface area (Å²) in [6, 6.07) is 8.71. The molecule has 2 amide bonds. The van der Waals surface area contributed by atoms with Crippen LogP contribution in [0.2, 0.25) is 0 Å². The summed E-state index contributed by atoms with van der Waals surface area (Å²) >= 11 is 0. The first-order valence-corrected chi connectivity index (χ1v) is 12.3. The Morgan fingerprint density at radius 2 is 1.58 bits per heavy atom. The quantitative estimate of drug-likeness (QED) is 0.670. The smallest absolute Gasteiger partial charge is 0.251 e. The Morgan fingerprint density at radius 3 is 2.13 bits per heavy atom. The Bertz CT molecular complexity index is 794. The SMILES string of the molecule is CC(CNC(=O)c1ccc(CNC(=O)C23CC4CC(CC(C4)C2)C3)cc1)N(C)C1CC1. The molecule has 0 radical (unpaired) electrons. The van der Waals surface area contributed by atoms with Gasteiger partial charge in [-0.05, 0) is 101 Å². The summed E-state index contributed by atoms with van der Waals surface area (Å²) in [5, 5.41) is 6.28. The molecule has 0 aromatic heterocycles. The van der Waals surface area contributed by atoms with E-state index < -0.39 is 0 Å². The van der Waals surface area contributed by atoms with E-state index in [2.05, 4.69) is 29.5 Å². The van der Waals surface area contributed by atoms with Gasteiger partial charge in [-0.3, -0.25) is 14.5 Å². The predicted molar refractivity (Wildman–Crippen MR) is 121 cm³/mol. The fraction of sp³-hybridized carbons (Fsp3) is 0.692. The third-order valence-electron chi connectivity index (χ3n) is 8.57. The zero-order chi connectivity index (χ0) is 21.6. The Hall–Kier alpha value is -1.88. The van der Waals surface area contributed by atoms with E-state index in [9.17, 15) is 9.59 Å². The third kappa shape index (κ3) is 4.39. The van der Waals surface area contributed by atoms with Crippen molar-refractivity contribution >= 4 is 11.8 Å². The van der Waals surface area contributed by atoms with Gasteiger partial charge in [-0.25, -0.2) is 0 Å². The zero-order valence-electron chi connectivity index (χ0n) is 19.0. The molecule has 1 atom stereocenters. The number of nitrogens with zero attached hydrogens (tertiary/aromatic N) is 1. The van der Waals surface area contributed by atoms with Crippen LogP contribution in [0.3, 0.4) is 0 Å². The maximum absolute atomic E-state index is 13.1. The molecule has 1 aromatic rings. The lowest BCUT2D eigenvalue weighted by molar-refractivity contribution is -0.146. The molecular formula is C26H37N3O2. The summed E-state index contributed by atoms with van der Waals surface area (Å²) in [6.45, 7) is 3.37. The van der Waals surface area contributed by atoms with Gasteiger partial charge < -0.3 is 10.6 Å². The molecule has 0 spiro atoms. The molecular weight excluding hydrogens is 386 g/mol. The second-order valence-corrected chi connectivity index (χ2v) is 11.0. The number of nitrogens with one attached hydrogen (secondary N) is 2. The molecule has 6 rings (SSSR count). The van der Waals surface area contributed by atoms with E-state index in [0.717, 1.165) is 42.6 Å². The van der Waals surface area contributed by atoms with Crippen molar-refractivity contribution in [3.05, 3.63) is 35.4 Å². The summed E-state index contributed by atoms with van der Waals surface area (Å²) in [7, 11) is 2.14. The average Bonchev–Trinajstić information content (AvgIpc) is 3.60. The minimum absolute atomic E-state index is 0.0276. The monoisotopic (exact) mass is 423 g/mol. The number of hydrogen-bond donors (Lipinski definition) is 2. The lowest BCUT2D eigenvalue weighted by Gasteiger charge is -2.55. The van der Waals surface area contributed by atoms with Crippen LogP contribution in [-0.4, -0.2) is 42.4 Å².